The van der Waals surface area contributed by atoms with Gasteiger partial charge in [-0.05, 0) is 28.8 Å². The van der Waals surface area contributed by atoms with Crippen molar-refractivity contribution in [2.24, 2.45) is 4.99 Å². The first-order valence-corrected chi connectivity index (χ1v) is 8.54. The summed E-state index contributed by atoms with van der Waals surface area (Å²) in [6, 6.07) is 20.7. The lowest BCUT2D eigenvalue weighted by Crippen LogP contribution is -2.03. The number of ether oxygens (including phenoxy) is 1. The van der Waals surface area contributed by atoms with Gasteiger partial charge in [-0.25, -0.2) is 9.79 Å². The van der Waals surface area contributed by atoms with Crippen LogP contribution in [0.3, 0.4) is 0 Å². The number of carbonyl (C=O) groups is 1. The Morgan fingerprint density at radius 2 is 1.83 bits per heavy atom. The first-order valence-electron chi connectivity index (χ1n) is 8.54. The molecule has 0 N–H and O–H groups in total. The van der Waals surface area contributed by atoms with Crippen LogP contribution in [0, 0.1) is 21.4 Å². The van der Waals surface area contributed by atoms with E-state index in [4.69, 9.17) is 0 Å². The van der Waals surface area contributed by atoms with Gasteiger partial charge in [0.25, 0.3) is 5.69 Å². The molecule has 0 aromatic heterocycles. The fourth-order valence-electron chi connectivity index (χ4n) is 2.81. The highest BCUT2D eigenvalue weighted by Gasteiger charge is 2.21. The van der Waals surface area contributed by atoms with E-state index in [0.29, 0.717) is 11.1 Å². The molecule has 0 aliphatic carbocycles. The molecule has 7 nitrogen and oxygen atoms in total. The van der Waals surface area contributed by atoms with E-state index in [1.807, 2.05) is 24.3 Å². The summed E-state index contributed by atoms with van der Waals surface area (Å²) in [6.45, 7) is 0. The third kappa shape index (κ3) is 4.17. The van der Waals surface area contributed by atoms with Crippen LogP contribution in [-0.2, 0) is 4.74 Å². The standard InChI is InChI=1S/C22H15N3O4/c1-29-22(26)19-7-4-8-20(25(27)28)21(19)24-14-15-9-11-16(12-10-15)18-6-3-2-5-17(18)13-23/h2-12,14H,1H3. The summed E-state index contributed by atoms with van der Waals surface area (Å²) in [5, 5.41) is 20.6. The van der Waals surface area contributed by atoms with Crippen molar-refractivity contribution in [3.8, 4) is 17.2 Å². The number of carbonyl (C=O) groups excluding carboxylic acids is 1. The highest BCUT2D eigenvalue weighted by atomic mass is 16.6. The van der Waals surface area contributed by atoms with E-state index >= 15 is 0 Å². The second kappa shape index (κ2) is 8.59. The molecule has 0 amide bonds. The molecule has 0 saturated heterocycles. The molecule has 0 spiro atoms. The molecule has 3 aromatic rings. The normalized spacial score (nSPS) is 10.5. The van der Waals surface area contributed by atoms with Crippen molar-refractivity contribution < 1.29 is 14.5 Å². The van der Waals surface area contributed by atoms with E-state index in [2.05, 4.69) is 15.8 Å². The average Bonchev–Trinajstić information content (AvgIpc) is 2.77. The van der Waals surface area contributed by atoms with Gasteiger partial charge < -0.3 is 4.74 Å². The zero-order valence-corrected chi connectivity index (χ0v) is 15.4. The number of nitro benzene ring substituents is 1. The average molecular weight is 385 g/mol. The molecule has 0 bridgehead atoms. The molecule has 0 aliphatic rings. The van der Waals surface area contributed by atoms with Gasteiger partial charge >= 0.3 is 5.97 Å². The number of hydrogen-bond donors (Lipinski definition) is 0. The summed E-state index contributed by atoms with van der Waals surface area (Å²) >= 11 is 0. The van der Waals surface area contributed by atoms with E-state index in [9.17, 15) is 20.2 Å². The van der Waals surface area contributed by atoms with Gasteiger partial charge in [-0.1, -0.05) is 48.5 Å². The van der Waals surface area contributed by atoms with Gasteiger partial charge in [-0.2, -0.15) is 5.26 Å². The Kier molecular flexibility index (Phi) is 5.76. The first kappa shape index (κ1) is 19.5. The molecule has 0 radical (unpaired) electrons. The molecule has 0 saturated carbocycles. The smallest absolute Gasteiger partial charge is 0.340 e. The maximum Gasteiger partial charge on any atom is 0.340 e. The molecule has 3 aromatic carbocycles. The first-order chi connectivity index (χ1) is 14.0. The quantitative estimate of drug-likeness (QED) is 0.275. The largest absolute Gasteiger partial charge is 0.465 e. The van der Waals surface area contributed by atoms with Gasteiger partial charge in [0.15, 0.2) is 5.69 Å². The van der Waals surface area contributed by atoms with Crippen LogP contribution in [0.15, 0.2) is 71.7 Å². The predicted molar refractivity (Wildman–Crippen MR) is 108 cm³/mol. The summed E-state index contributed by atoms with van der Waals surface area (Å²) in [6.07, 6.45) is 1.44. The molecular weight excluding hydrogens is 370 g/mol. The van der Waals surface area contributed by atoms with Gasteiger partial charge in [0.2, 0.25) is 0 Å². The summed E-state index contributed by atoms with van der Waals surface area (Å²) in [5.41, 5.74) is 2.57. The van der Waals surface area contributed by atoms with Gasteiger partial charge in [0.05, 0.1) is 29.2 Å². The minimum absolute atomic E-state index is 0.0116. The number of nitriles is 1. The molecule has 0 aliphatic heterocycles. The van der Waals surface area contributed by atoms with Crippen LogP contribution in [0.25, 0.3) is 11.1 Å². The Hall–Kier alpha value is -4.31. The molecule has 0 heterocycles. The minimum Gasteiger partial charge on any atom is -0.465 e. The molecule has 29 heavy (non-hydrogen) atoms. The van der Waals surface area contributed by atoms with Crippen molar-refractivity contribution in [1.82, 2.24) is 0 Å². The van der Waals surface area contributed by atoms with Gasteiger partial charge in [-0.15, -0.1) is 0 Å². The van der Waals surface area contributed by atoms with E-state index < -0.39 is 10.9 Å². The molecule has 142 valence electrons. The van der Waals surface area contributed by atoms with Gasteiger partial charge in [0, 0.05) is 12.3 Å². The van der Waals surface area contributed by atoms with Crippen LogP contribution in [0.5, 0.6) is 0 Å². The molecule has 0 fully saturated rings. The van der Waals surface area contributed by atoms with Crippen LogP contribution >= 0.6 is 0 Å². The van der Waals surface area contributed by atoms with Crippen LogP contribution in [-0.4, -0.2) is 24.2 Å². The lowest BCUT2D eigenvalue weighted by Gasteiger charge is -2.05. The summed E-state index contributed by atoms with van der Waals surface area (Å²) in [7, 11) is 1.20. The van der Waals surface area contributed by atoms with Crippen molar-refractivity contribution in [2.75, 3.05) is 7.11 Å². The van der Waals surface area contributed by atoms with Crippen molar-refractivity contribution >= 4 is 23.6 Å². The Balaban J connectivity index is 1.96. The second-order valence-electron chi connectivity index (χ2n) is 5.96. The lowest BCUT2D eigenvalue weighted by molar-refractivity contribution is -0.384. The van der Waals surface area contributed by atoms with Crippen molar-refractivity contribution in [3.63, 3.8) is 0 Å². The molecular formula is C22H15N3O4. The molecule has 3 rings (SSSR count). The fraction of sp³-hybridized carbons (Fsp3) is 0.0455. The highest BCUT2D eigenvalue weighted by Crippen LogP contribution is 2.32. The molecule has 0 unspecified atom stereocenters. The highest BCUT2D eigenvalue weighted by molar-refractivity contribution is 5.98. The zero-order valence-electron chi connectivity index (χ0n) is 15.4. The third-order valence-electron chi connectivity index (χ3n) is 4.23. The maximum atomic E-state index is 11.9. The van der Waals surface area contributed by atoms with E-state index in [1.165, 1.54) is 31.5 Å². The second-order valence-corrected chi connectivity index (χ2v) is 5.96. The number of para-hydroxylation sites is 1. The zero-order chi connectivity index (χ0) is 20.8. The number of nitrogens with zero attached hydrogens (tertiary/aromatic N) is 3. The van der Waals surface area contributed by atoms with Crippen molar-refractivity contribution in [1.29, 1.82) is 5.26 Å². The third-order valence-corrected chi connectivity index (χ3v) is 4.23. The Bertz CT molecular complexity index is 1150. The predicted octanol–water partition coefficient (Wildman–Crippen LogP) is 4.67. The van der Waals surface area contributed by atoms with Gasteiger partial charge in [0.1, 0.15) is 0 Å². The number of esters is 1. The van der Waals surface area contributed by atoms with Crippen molar-refractivity contribution in [2.45, 2.75) is 0 Å². The Morgan fingerprint density at radius 3 is 2.48 bits per heavy atom. The Morgan fingerprint density at radius 1 is 1.10 bits per heavy atom. The number of aliphatic imine (C=N–C) groups is 1. The van der Waals surface area contributed by atoms with E-state index in [1.54, 1.807) is 24.3 Å². The minimum atomic E-state index is -0.704. The number of methoxy groups -OCH3 is 1. The number of nitro groups is 1. The summed E-state index contributed by atoms with van der Waals surface area (Å²) < 4.78 is 4.69. The van der Waals surface area contributed by atoms with Crippen molar-refractivity contribution in [3.05, 3.63) is 93.5 Å². The summed E-state index contributed by atoms with van der Waals surface area (Å²) in [5.74, 6) is -0.704. The van der Waals surface area contributed by atoms with E-state index in [0.717, 1.165) is 11.1 Å². The topological polar surface area (TPSA) is 106 Å². The molecule has 0 atom stereocenters. The fourth-order valence-corrected chi connectivity index (χ4v) is 2.81. The van der Waals surface area contributed by atoms with Crippen LogP contribution in [0.1, 0.15) is 21.5 Å². The number of rotatable bonds is 5. The van der Waals surface area contributed by atoms with Crippen LogP contribution in [0.4, 0.5) is 11.4 Å². The summed E-state index contributed by atoms with van der Waals surface area (Å²) in [4.78, 5) is 26.8. The molecule has 7 heteroatoms. The van der Waals surface area contributed by atoms with Crippen LogP contribution in [0.2, 0.25) is 0 Å². The number of hydrogen-bond acceptors (Lipinski definition) is 6. The SMILES string of the molecule is COC(=O)c1cccc([N+](=O)[O-])c1N=Cc1ccc(-c2ccccc2C#N)cc1. The number of benzene rings is 3. The van der Waals surface area contributed by atoms with Crippen LogP contribution < -0.4 is 0 Å². The maximum absolute atomic E-state index is 11.9. The monoisotopic (exact) mass is 385 g/mol. The lowest BCUT2D eigenvalue weighted by atomic mass is 9.99. The Labute approximate surface area is 166 Å². The van der Waals surface area contributed by atoms with Gasteiger partial charge in [-0.3, -0.25) is 10.1 Å². The van der Waals surface area contributed by atoms with E-state index in [-0.39, 0.29) is 16.9 Å².